The van der Waals surface area contributed by atoms with Crippen LogP contribution in [0.1, 0.15) is 13.3 Å². The van der Waals surface area contributed by atoms with Crippen molar-refractivity contribution in [3.05, 3.63) is 27.7 Å². The largest absolute Gasteiger partial charge is 0.316 e. The Morgan fingerprint density at radius 2 is 2.21 bits per heavy atom. The van der Waals surface area contributed by atoms with E-state index in [1.165, 1.54) is 6.07 Å². The fraction of sp³-hybridized carbons (Fsp3) is 0.500. The second-order valence-corrected chi connectivity index (χ2v) is 7.75. The van der Waals surface area contributed by atoms with Crippen molar-refractivity contribution in [3.8, 4) is 0 Å². The summed E-state index contributed by atoms with van der Waals surface area (Å²) < 4.78 is 28.1. The van der Waals surface area contributed by atoms with Crippen LogP contribution >= 0.6 is 27.5 Å². The lowest BCUT2D eigenvalue weighted by Gasteiger charge is -2.29. The summed E-state index contributed by atoms with van der Waals surface area (Å²) >= 11 is 9.19. The van der Waals surface area contributed by atoms with Gasteiger partial charge in [0, 0.05) is 10.5 Å². The average Bonchev–Trinajstić information content (AvgIpc) is 2.35. The summed E-state index contributed by atoms with van der Waals surface area (Å²) in [7, 11) is -3.52. The van der Waals surface area contributed by atoms with E-state index in [9.17, 15) is 8.42 Å². The van der Waals surface area contributed by atoms with Gasteiger partial charge in [0.25, 0.3) is 0 Å². The van der Waals surface area contributed by atoms with Gasteiger partial charge in [-0.25, -0.2) is 13.1 Å². The van der Waals surface area contributed by atoms with E-state index in [0.29, 0.717) is 9.50 Å². The lowest BCUT2D eigenvalue weighted by Crippen LogP contribution is -2.48. The molecule has 2 rings (SSSR count). The Bertz CT molecular complexity index is 565. The van der Waals surface area contributed by atoms with E-state index < -0.39 is 10.0 Å². The Morgan fingerprint density at radius 3 is 2.84 bits per heavy atom. The molecule has 2 atom stereocenters. The number of benzene rings is 1. The van der Waals surface area contributed by atoms with Crippen LogP contribution in [0, 0.1) is 5.92 Å². The smallest absolute Gasteiger partial charge is 0.240 e. The number of halogens is 2. The van der Waals surface area contributed by atoms with Crippen LogP contribution in [0.3, 0.4) is 0 Å². The summed E-state index contributed by atoms with van der Waals surface area (Å²) in [6, 6.07) is 4.61. The Labute approximate surface area is 127 Å². The summed E-state index contributed by atoms with van der Waals surface area (Å²) in [6.07, 6.45) is 0.796. The standard InChI is InChI=1S/C12H16BrClN2O2S/c1-8-7-15-5-4-12(8)16-19(17,18)9-2-3-10(13)11(14)6-9/h2-3,6,8,12,15-16H,4-5,7H2,1H3. The van der Waals surface area contributed by atoms with Crippen LogP contribution in [0.25, 0.3) is 0 Å². The molecule has 0 saturated carbocycles. The molecule has 0 spiro atoms. The molecule has 1 aromatic carbocycles. The van der Waals surface area contributed by atoms with E-state index in [1.807, 2.05) is 6.92 Å². The molecule has 0 bridgehead atoms. The summed E-state index contributed by atoms with van der Waals surface area (Å²) in [4.78, 5) is 0.200. The van der Waals surface area contributed by atoms with E-state index >= 15 is 0 Å². The van der Waals surface area contributed by atoms with Crippen LogP contribution in [-0.2, 0) is 10.0 Å². The predicted octanol–water partition coefficient (Wildman–Crippen LogP) is 2.38. The third-order valence-electron chi connectivity index (χ3n) is 3.29. The Balaban J connectivity index is 2.19. The van der Waals surface area contributed by atoms with Gasteiger partial charge in [0.15, 0.2) is 0 Å². The Kier molecular flexibility index (Phi) is 4.89. The van der Waals surface area contributed by atoms with Gasteiger partial charge >= 0.3 is 0 Å². The molecule has 2 unspecified atom stereocenters. The normalized spacial score (nSPS) is 24.4. The van der Waals surface area contributed by atoms with Crippen LogP contribution in [0.2, 0.25) is 5.02 Å². The fourth-order valence-corrected chi connectivity index (χ4v) is 4.00. The zero-order valence-electron chi connectivity index (χ0n) is 10.5. The molecule has 0 aliphatic carbocycles. The van der Waals surface area contributed by atoms with Gasteiger partial charge in [0.2, 0.25) is 10.0 Å². The lowest BCUT2D eigenvalue weighted by atomic mass is 9.97. The molecule has 0 amide bonds. The molecule has 4 nitrogen and oxygen atoms in total. The first-order chi connectivity index (χ1) is 8.90. The fourth-order valence-electron chi connectivity index (χ4n) is 2.10. The summed E-state index contributed by atoms with van der Waals surface area (Å²) in [5, 5.41) is 3.63. The summed E-state index contributed by atoms with van der Waals surface area (Å²) in [5.74, 6) is 0.273. The van der Waals surface area contributed by atoms with Crippen molar-refractivity contribution < 1.29 is 8.42 Å². The van der Waals surface area contributed by atoms with Crippen LogP contribution < -0.4 is 10.0 Å². The van der Waals surface area contributed by atoms with Gasteiger partial charge in [0.05, 0.1) is 9.92 Å². The maximum Gasteiger partial charge on any atom is 0.240 e. The van der Waals surface area contributed by atoms with Gasteiger partial charge in [-0.15, -0.1) is 0 Å². The molecule has 1 aromatic rings. The number of hydrogen-bond donors (Lipinski definition) is 2. The predicted molar refractivity (Wildman–Crippen MR) is 79.9 cm³/mol. The molecule has 1 aliphatic rings. The van der Waals surface area contributed by atoms with E-state index in [2.05, 4.69) is 26.0 Å². The Hall–Kier alpha value is -0.140. The molecule has 0 aromatic heterocycles. The number of hydrogen-bond acceptors (Lipinski definition) is 3. The second-order valence-electron chi connectivity index (χ2n) is 4.77. The first kappa shape index (κ1) is 15.3. The van der Waals surface area contributed by atoms with Crippen molar-refractivity contribution in [2.75, 3.05) is 13.1 Å². The van der Waals surface area contributed by atoms with Gasteiger partial charge in [-0.05, 0) is 59.6 Å². The maximum absolute atomic E-state index is 12.3. The molecule has 19 heavy (non-hydrogen) atoms. The highest BCUT2D eigenvalue weighted by molar-refractivity contribution is 9.10. The van der Waals surface area contributed by atoms with Crippen LogP contribution in [0.5, 0.6) is 0 Å². The van der Waals surface area contributed by atoms with Crippen molar-refractivity contribution in [2.45, 2.75) is 24.3 Å². The minimum atomic E-state index is -3.52. The zero-order valence-corrected chi connectivity index (χ0v) is 13.6. The van der Waals surface area contributed by atoms with Gasteiger partial charge in [-0.3, -0.25) is 0 Å². The zero-order chi connectivity index (χ0) is 14.0. The number of sulfonamides is 1. The SMILES string of the molecule is CC1CNCCC1NS(=O)(=O)c1ccc(Br)c(Cl)c1. The quantitative estimate of drug-likeness (QED) is 0.862. The molecule has 1 saturated heterocycles. The Morgan fingerprint density at radius 1 is 1.47 bits per heavy atom. The van der Waals surface area contributed by atoms with E-state index in [4.69, 9.17) is 11.6 Å². The summed E-state index contributed by atoms with van der Waals surface area (Å²) in [6.45, 7) is 3.70. The monoisotopic (exact) mass is 366 g/mol. The van der Waals surface area contributed by atoms with Crippen LogP contribution in [-0.4, -0.2) is 27.5 Å². The third kappa shape index (κ3) is 3.70. The average molecular weight is 368 g/mol. The summed E-state index contributed by atoms with van der Waals surface area (Å²) in [5.41, 5.74) is 0. The third-order valence-corrected chi connectivity index (χ3v) is 6.01. The van der Waals surface area contributed by atoms with Crippen molar-refractivity contribution in [1.82, 2.24) is 10.0 Å². The highest BCUT2D eigenvalue weighted by Gasteiger charge is 2.26. The van der Waals surface area contributed by atoms with Crippen LogP contribution in [0.15, 0.2) is 27.6 Å². The molecular weight excluding hydrogens is 352 g/mol. The number of piperidine rings is 1. The molecule has 7 heteroatoms. The van der Waals surface area contributed by atoms with Crippen molar-refractivity contribution >= 4 is 37.6 Å². The minimum Gasteiger partial charge on any atom is -0.316 e. The minimum absolute atomic E-state index is 0.0336. The molecule has 1 aliphatic heterocycles. The molecule has 2 N–H and O–H groups in total. The van der Waals surface area contributed by atoms with Gasteiger partial charge in [-0.2, -0.15) is 0 Å². The second kappa shape index (κ2) is 6.10. The van der Waals surface area contributed by atoms with Gasteiger partial charge in [-0.1, -0.05) is 18.5 Å². The molecular formula is C12H16BrClN2O2S. The van der Waals surface area contributed by atoms with E-state index in [1.54, 1.807) is 12.1 Å². The first-order valence-electron chi connectivity index (χ1n) is 6.08. The van der Waals surface area contributed by atoms with E-state index in [0.717, 1.165) is 19.5 Å². The highest BCUT2D eigenvalue weighted by atomic mass is 79.9. The van der Waals surface area contributed by atoms with Gasteiger partial charge in [0.1, 0.15) is 0 Å². The first-order valence-corrected chi connectivity index (χ1v) is 8.73. The van der Waals surface area contributed by atoms with Crippen molar-refractivity contribution in [2.24, 2.45) is 5.92 Å². The van der Waals surface area contributed by atoms with Crippen LogP contribution in [0.4, 0.5) is 0 Å². The highest BCUT2D eigenvalue weighted by Crippen LogP contribution is 2.25. The molecule has 0 radical (unpaired) electrons. The topological polar surface area (TPSA) is 58.2 Å². The number of nitrogens with one attached hydrogen (secondary N) is 2. The molecule has 1 fully saturated rings. The number of rotatable bonds is 3. The van der Waals surface area contributed by atoms with Crippen molar-refractivity contribution in [1.29, 1.82) is 0 Å². The lowest BCUT2D eigenvalue weighted by molar-refractivity contribution is 0.328. The van der Waals surface area contributed by atoms with Crippen molar-refractivity contribution in [3.63, 3.8) is 0 Å². The maximum atomic E-state index is 12.3. The molecule has 1 heterocycles. The van der Waals surface area contributed by atoms with E-state index in [-0.39, 0.29) is 16.9 Å². The molecule has 106 valence electrons. The van der Waals surface area contributed by atoms with Gasteiger partial charge < -0.3 is 5.32 Å².